The average molecular weight is 280 g/mol. The minimum Gasteiger partial charge on any atom is -0.386 e. The molecule has 5 heteroatoms. The predicted octanol–water partition coefficient (Wildman–Crippen LogP) is 1.61. The van der Waals surface area contributed by atoms with Crippen molar-refractivity contribution in [1.29, 1.82) is 0 Å². The summed E-state index contributed by atoms with van der Waals surface area (Å²) in [5.74, 6) is -0.686. The Bertz CT molecular complexity index is 461. The number of ether oxygens (including phenoxy) is 4. The highest BCUT2D eigenvalue weighted by Gasteiger charge is 2.56. The highest BCUT2D eigenvalue weighted by Crippen LogP contribution is 2.41. The van der Waals surface area contributed by atoms with E-state index in [0.717, 1.165) is 5.56 Å². The number of aliphatic hydroxyl groups is 1. The smallest absolute Gasteiger partial charge is 0.190 e. The first-order chi connectivity index (χ1) is 9.52. The second-order valence-electron chi connectivity index (χ2n) is 5.63. The van der Waals surface area contributed by atoms with E-state index in [1.165, 1.54) is 0 Å². The summed E-state index contributed by atoms with van der Waals surface area (Å²) >= 11 is 0. The van der Waals surface area contributed by atoms with Crippen molar-refractivity contribution in [3.8, 4) is 0 Å². The van der Waals surface area contributed by atoms with Crippen molar-refractivity contribution in [2.24, 2.45) is 0 Å². The van der Waals surface area contributed by atoms with E-state index in [2.05, 4.69) is 0 Å². The van der Waals surface area contributed by atoms with E-state index >= 15 is 0 Å². The standard InChI is InChI=1S/C15H20O5/c1-15(2)19-13-12(17-3)11(18-14(13)20-15)10(16)9-7-5-4-6-8-9/h4-8,10-14,16H,1-3H3/t10?,11-,12+,13-,14+/m1/s1. The first-order valence-electron chi connectivity index (χ1n) is 6.79. The molecule has 5 atom stereocenters. The monoisotopic (exact) mass is 280 g/mol. The van der Waals surface area contributed by atoms with Crippen molar-refractivity contribution in [3.05, 3.63) is 35.9 Å². The molecule has 2 saturated heterocycles. The van der Waals surface area contributed by atoms with Crippen LogP contribution in [0.15, 0.2) is 30.3 Å². The fraction of sp³-hybridized carbons (Fsp3) is 0.600. The van der Waals surface area contributed by atoms with Gasteiger partial charge in [0, 0.05) is 7.11 Å². The zero-order chi connectivity index (χ0) is 14.3. The summed E-state index contributed by atoms with van der Waals surface area (Å²) in [6, 6.07) is 9.39. The maximum atomic E-state index is 10.5. The van der Waals surface area contributed by atoms with Crippen molar-refractivity contribution in [1.82, 2.24) is 0 Å². The van der Waals surface area contributed by atoms with E-state index in [9.17, 15) is 5.11 Å². The molecule has 3 rings (SSSR count). The van der Waals surface area contributed by atoms with Crippen LogP contribution in [0, 0.1) is 0 Å². The van der Waals surface area contributed by atoms with Crippen molar-refractivity contribution < 1.29 is 24.1 Å². The molecule has 20 heavy (non-hydrogen) atoms. The summed E-state index contributed by atoms with van der Waals surface area (Å²) in [6.07, 6.45) is -2.47. The Balaban J connectivity index is 1.79. The summed E-state index contributed by atoms with van der Waals surface area (Å²) in [5, 5.41) is 10.5. The molecule has 1 N–H and O–H groups in total. The van der Waals surface area contributed by atoms with E-state index in [0.29, 0.717) is 0 Å². The van der Waals surface area contributed by atoms with Gasteiger partial charge in [-0.1, -0.05) is 30.3 Å². The molecule has 110 valence electrons. The molecule has 0 spiro atoms. The van der Waals surface area contributed by atoms with E-state index < -0.39 is 24.3 Å². The Morgan fingerprint density at radius 3 is 2.55 bits per heavy atom. The molecule has 2 heterocycles. The Hall–Kier alpha value is -0.980. The van der Waals surface area contributed by atoms with Crippen molar-refractivity contribution in [2.75, 3.05) is 7.11 Å². The molecule has 0 aromatic heterocycles. The third kappa shape index (κ3) is 2.36. The number of fused-ring (bicyclic) bond motifs is 1. The van der Waals surface area contributed by atoms with Crippen LogP contribution < -0.4 is 0 Å². The van der Waals surface area contributed by atoms with Gasteiger partial charge in [0.05, 0.1) is 0 Å². The first kappa shape index (κ1) is 14.0. The van der Waals surface area contributed by atoms with Crippen molar-refractivity contribution in [2.45, 2.75) is 50.3 Å². The summed E-state index contributed by atoms with van der Waals surface area (Å²) in [5.41, 5.74) is 0.791. The highest BCUT2D eigenvalue weighted by atomic mass is 16.8. The topological polar surface area (TPSA) is 57.2 Å². The summed E-state index contributed by atoms with van der Waals surface area (Å²) in [6.45, 7) is 3.67. The number of rotatable bonds is 3. The lowest BCUT2D eigenvalue weighted by atomic mass is 9.99. The number of hydrogen-bond donors (Lipinski definition) is 1. The number of hydrogen-bond acceptors (Lipinski definition) is 5. The van der Waals surface area contributed by atoms with E-state index in [4.69, 9.17) is 18.9 Å². The van der Waals surface area contributed by atoms with Crippen LogP contribution in [-0.4, -0.2) is 42.6 Å². The lowest BCUT2D eigenvalue weighted by molar-refractivity contribution is -0.228. The van der Waals surface area contributed by atoms with Gasteiger partial charge in [-0.25, -0.2) is 0 Å². The molecule has 0 aliphatic carbocycles. The van der Waals surface area contributed by atoms with Crippen LogP contribution in [0.4, 0.5) is 0 Å². The molecule has 2 fully saturated rings. The van der Waals surface area contributed by atoms with Crippen LogP contribution in [0.3, 0.4) is 0 Å². The largest absolute Gasteiger partial charge is 0.386 e. The summed E-state index contributed by atoms with van der Waals surface area (Å²) in [7, 11) is 1.59. The van der Waals surface area contributed by atoms with Crippen LogP contribution in [0.1, 0.15) is 25.5 Å². The van der Waals surface area contributed by atoms with Crippen molar-refractivity contribution in [3.63, 3.8) is 0 Å². The molecule has 2 aliphatic heterocycles. The van der Waals surface area contributed by atoms with Gasteiger partial charge in [0.1, 0.15) is 24.4 Å². The van der Waals surface area contributed by atoms with Gasteiger partial charge in [0.2, 0.25) is 0 Å². The van der Waals surface area contributed by atoms with Gasteiger partial charge in [0.15, 0.2) is 12.1 Å². The average Bonchev–Trinajstić information content (AvgIpc) is 2.90. The SMILES string of the molecule is CO[C@@H]1[C@H]2OC(C)(C)O[C@@H]2O[C@@H]1C(O)c1ccccc1. The molecule has 0 bridgehead atoms. The predicted molar refractivity (Wildman–Crippen MR) is 70.9 cm³/mol. The number of benzene rings is 1. The molecule has 1 aromatic rings. The molecule has 0 amide bonds. The Morgan fingerprint density at radius 2 is 1.90 bits per heavy atom. The minimum absolute atomic E-state index is 0.321. The molecule has 0 saturated carbocycles. The van der Waals surface area contributed by atoms with E-state index in [1.807, 2.05) is 44.2 Å². The zero-order valence-corrected chi connectivity index (χ0v) is 11.9. The number of methoxy groups -OCH3 is 1. The second-order valence-corrected chi connectivity index (χ2v) is 5.63. The Morgan fingerprint density at radius 1 is 1.20 bits per heavy atom. The normalized spacial score (nSPS) is 36.8. The van der Waals surface area contributed by atoms with Gasteiger partial charge in [-0.2, -0.15) is 0 Å². The minimum atomic E-state index is -0.776. The molecule has 1 unspecified atom stereocenters. The van der Waals surface area contributed by atoms with Gasteiger partial charge in [-0.05, 0) is 19.4 Å². The lowest BCUT2D eigenvalue weighted by Crippen LogP contribution is -2.39. The van der Waals surface area contributed by atoms with E-state index in [1.54, 1.807) is 7.11 Å². The molecular weight excluding hydrogens is 260 g/mol. The molecular formula is C15H20O5. The second kappa shape index (κ2) is 5.09. The number of aliphatic hydroxyl groups excluding tert-OH is 1. The van der Waals surface area contributed by atoms with Crippen LogP contribution in [0.25, 0.3) is 0 Å². The third-order valence-electron chi connectivity index (χ3n) is 3.75. The van der Waals surface area contributed by atoms with Crippen LogP contribution in [0.5, 0.6) is 0 Å². The Kier molecular flexibility index (Phi) is 3.56. The lowest BCUT2D eigenvalue weighted by Gasteiger charge is -2.27. The van der Waals surface area contributed by atoms with Gasteiger partial charge >= 0.3 is 0 Å². The van der Waals surface area contributed by atoms with E-state index in [-0.39, 0.29) is 12.2 Å². The maximum absolute atomic E-state index is 10.5. The summed E-state index contributed by atoms with van der Waals surface area (Å²) < 4.78 is 22.8. The summed E-state index contributed by atoms with van der Waals surface area (Å²) in [4.78, 5) is 0. The van der Waals surface area contributed by atoms with Crippen molar-refractivity contribution >= 4 is 0 Å². The fourth-order valence-electron chi connectivity index (χ4n) is 2.87. The highest BCUT2D eigenvalue weighted by molar-refractivity contribution is 5.19. The Labute approximate surface area is 118 Å². The van der Waals surface area contributed by atoms with Gasteiger partial charge in [-0.3, -0.25) is 0 Å². The zero-order valence-electron chi connectivity index (χ0n) is 11.9. The first-order valence-corrected chi connectivity index (χ1v) is 6.79. The fourth-order valence-corrected chi connectivity index (χ4v) is 2.87. The molecule has 2 aliphatic rings. The quantitative estimate of drug-likeness (QED) is 0.911. The van der Waals surface area contributed by atoms with Gasteiger partial charge < -0.3 is 24.1 Å². The van der Waals surface area contributed by atoms with Crippen LogP contribution in [-0.2, 0) is 18.9 Å². The van der Waals surface area contributed by atoms with Gasteiger partial charge in [-0.15, -0.1) is 0 Å². The molecule has 5 nitrogen and oxygen atoms in total. The maximum Gasteiger partial charge on any atom is 0.190 e. The van der Waals surface area contributed by atoms with Crippen LogP contribution in [0.2, 0.25) is 0 Å². The van der Waals surface area contributed by atoms with Crippen LogP contribution >= 0.6 is 0 Å². The molecule has 0 radical (unpaired) electrons. The molecule has 1 aromatic carbocycles. The van der Waals surface area contributed by atoms with Gasteiger partial charge in [0.25, 0.3) is 0 Å². The third-order valence-corrected chi connectivity index (χ3v) is 3.75.